The average molecular weight is 286 g/mol. The second-order valence-corrected chi connectivity index (χ2v) is 4.51. The number of carboxylic acids is 1. The molecular formula is C14H16F2O4. The first-order chi connectivity index (χ1) is 9.31. The number of benzene rings is 1. The van der Waals surface area contributed by atoms with Crippen LogP contribution in [-0.4, -0.2) is 29.6 Å². The monoisotopic (exact) mass is 286 g/mol. The Balaban J connectivity index is 2.46. The Kier molecular flexibility index (Phi) is 5.61. The Bertz CT molecular complexity index is 480. The van der Waals surface area contributed by atoms with Crippen molar-refractivity contribution in [1.82, 2.24) is 0 Å². The zero-order chi connectivity index (χ0) is 15.2. The van der Waals surface area contributed by atoms with E-state index in [-0.39, 0.29) is 30.6 Å². The smallest absolute Gasteiger partial charge is 0.339 e. The lowest BCUT2D eigenvalue weighted by Gasteiger charge is -2.10. The largest absolute Gasteiger partial charge is 0.478 e. The molecule has 0 radical (unpaired) electrons. The predicted octanol–water partition coefficient (Wildman–Crippen LogP) is 3.37. The topological polar surface area (TPSA) is 63.6 Å². The maximum absolute atomic E-state index is 12.5. The number of halogens is 2. The van der Waals surface area contributed by atoms with Crippen LogP contribution >= 0.6 is 0 Å². The van der Waals surface area contributed by atoms with E-state index in [4.69, 9.17) is 9.84 Å². The third-order valence-electron chi connectivity index (χ3n) is 2.62. The maximum atomic E-state index is 12.5. The molecule has 0 atom stereocenters. The molecule has 0 aliphatic rings. The molecule has 20 heavy (non-hydrogen) atoms. The zero-order valence-corrected chi connectivity index (χ0v) is 11.1. The summed E-state index contributed by atoms with van der Waals surface area (Å²) in [5.74, 6) is -4.70. The van der Waals surface area contributed by atoms with Crippen molar-refractivity contribution in [3.8, 4) is 0 Å². The number of carboxylic acid groups (broad SMARTS) is 1. The Morgan fingerprint density at radius 3 is 2.35 bits per heavy atom. The van der Waals surface area contributed by atoms with Gasteiger partial charge in [-0.05, 0) is 31.9 Å². The van der Waals surface area contributed by atoms with Crippen LogP contribution in [0.2, 0.25) is 0 Å². The normalized spacial score (nSPS) is 11.2. The lowest BCUT2D eigenvalue weighted by atomic mass is 10.1. The quantitative estimate of drug-likeness (QED) is 0.616. The summed E-state index contributed by atoms with van der Waals surface area (Å²) in [5.41, 5.74) is -0.182. The summed E-state index contributed by atoms with van der Waals surface area (Å²) in [4.78, 5) is 22.6. The van der Waals surface area contributed by atoms with E-state index in [1.165, 1.54) is 24.3 Å². The number of rotatable bonds is 7. The zero-order valence-electron chi connectivity index (χ0n) is 11.1. The SMILES string of the molecule is CC(F)(F)CCCCOC(=O)c1ccccc1C(=O)O. The minimum Gasteiger partial charge on any atom is -0.478 e. The van der Waals surface area contributed by atoms with Crippen molar-refractivity contribution in [2.75, 3.05) is 6.61 Å². The molecule has 0 spiro atoms. The highest BCUT2D eigenvalue weighted by Gasteiger charge is 2.20. The van der Waals surface area contributed by atoms with E-state index >= 15 is 0 Å². The first kappa shape index (κ1) is 16.1. The highest BCUT2D eigenvalue weighted by molar-refractivity contribution is 6.02. The fourth-order valence-corrected chi connectivity index (χ4v) is 1.63. The van der Waals surface area contributed by atoms with Crippen molar-refractivity contribution >= 4 is 11.9 Å². The first-order valence-electron chi connectivity index (χ1n) is 6.18. The van der Waals surface area contributed by atoms with Crippen LogP contribution in [0, 0.1) is 0 Å². The molecule has 0 saturated heterocycles. The Hall–Kier alpha value is -1.98. The molecule has 1 rings (SSSR count). The highest BCUT2D eigenvalue weighted by atomic mass is 19.3. The van der Waals surface area contributed by atoms with Crippen LogP contribution in [0.5, 0.6) is 0 Å². The third-order valence-corrected chi connectivity index (χ3v) is 2.62. The van der Waals surface area contributed by atoms with Gasteiger partial charge in [0.2, 0.25) is 5.92 Å². The Morgan fingerprint density at radius 1 is 1.20 bits per heavy atom. The number of hydrogen-bond acceptors (Lipinski definition) is 3. The van der Waals surface area contributed by atoms with E-state index in [1.54, 1.807) is 0 Å². The van der Waals surface area contributed by atoms with Crippen LogP contribution < -0.4 is 0 Å². The summed E-state index contributed by atoms with van der Waals surface area (Å²) in [7, 11) is 0. The van der Waals surface area contributed by atoms with Crippen molar-refractivity contribution in [2.45, 2.75) is 32.1 Å². The number of carbonyl (C=O) groups excluding carboxylic acids is 1. The van der Waals surface area contributed by atoms with E-state index in [1.807, 2.05) is 0 Å². The van der Waals surface area contributed by atoms with Crippen LogP contribution in [0.1, 0.15) is 46.9 Å². The average Bonchev–Trinajstić information content (AvgIpc) is 2.36. The molecule has 0 fully saturated rings. The standard InChI is InChI=1S/C14H16F2O4/c1-14(15,16)8-4-5-9-20-13(19)11-7-3-2-6-10(11)12(17)18/h2-3,6-7H,4-5,8-9H2,1H3,(H,17,18). The minimum atomic E-state index is -2.72. The van der Waals surface area contributed by atoms with Gasteiger partial charge in [0, 0.05) is 6.42 Å². The summed E-state index contributed by atoms with van der Waals surface area (Å²) in [6, 6.07) is 5.69. The lowest BCUT2D eigenvalue weighted by molar-refractivity contribution is 0.00851. The van der Waals surface area contributed by atoms with E-state index in [0.717, 1.165) is 6.92 Å². The van der Waals surface area contributed by atoms with Gasteiger partial charge in [-0.2, -0.15) is 0 Å². The van der Waals surface area contributed by atoms with E-state index in [2.05, 4.69) is 0 Å². The predicted molar refractivity (Wildman–Crippen MR) is 68.2 cm³/mol. The van der Waals surface area contributed by atoms with Crippen molar-refractivity contribution in [1.29, 1.82) is 0 Å². The maximum Gasteiger partial charge on any atom is 0.339 e. The molecule has 0 aliphatic heterocycles. The van der Waals surface area contributed by atoms with Gasteiger partial charge in [-0.3, -0.25) is 0 Å². The summed E-state index contributed by atoms with van der Waals surface area (Å²) < 4.78 is 30.0. The lowest BCUT2D eigenvalue weighted by Crippen LogP contribution is -2.13. The Labute approximate surface area is 115 Å². The first-order valence-corrected chi connectivity index (χ1v) is 6.18. The van der Waals surface area contributed by atoms with Gasteiger partial charge in [0.1, 0.15) is 0 Å². The summed E-state index contributed by atoms with van der Waals surface area (Å²) >= 11 is 0. The summed E-state index contributed by atoms with van der Waals surface area (Å²) in [5, 5.41) is 8.92. The van der Waals surface area contributed by atoms with Crippen LogP contribution in [-0.2, 0) is 4.74 Å². The molecule has 0 saturated carbocycles. The molecule has 0 unspecified atom stereocenters. The molecule has 0 bridgehead atoms. The molecule has 0 aliphatic carbocycles. The van der Waals surface area contributed by atoms with Gasteiger partial charge in [0.25, 0.3) is 0 Å². The van der Waals surface area contributed by atoms with Gasteiger partial charge in [-0.25, -0.2) is 18.4 Å². The van der Waals surface area contributed by atoms with E-state index in [0.29, 0.717) is 6.42 Å². The molecule has 1 N–H and O–H groups in total. The molecule has 4 nitrogen and oxygen atoms in total. The molecule has 1 aromatic carbocycles. The number of aromatic carboxylic acids is 1. The Morgan fingerprint density at radius 2 is 1.80 bits per heavy atom. The molecule has 0 amide bonds. The number of carbonyl (C=O) groups is 2. The van der Waals surface area contributed by atoms with Gasteiger partial charge in [0.15, 0.2) is 0 Å². The van der Waals surface area contributed by atoms with Gasteiger partial charge in [-0.15, -0.1) is 0 Å². The van der Waals surface area contributed by atoms with Crippen molar-refractivity contribution in [2.24, 2.45) is 0 Å². The van der Waals surface area contributed by atoms with Crippen molar-refractivity contribution < 1.29 is 28.2 Å². The molecular weight excluding hydrogens is 270 g/mol. The van der Waals surface area contributed by atoms with Crippen molar-refractivity contribution in [3.63, 3.8) is 0 Å². The number of esters is 1. The minimum absolute atomic E-state index is 0.0110. The van der Waals surface area contributed by atoms with Gasteiger partial charge in [0.05, 0.1) is 17.7 Å². The third kappa shape index (κ3) is 5.34. The van der Waals surface area contributed by atoms with Crippen LogP contribution in [0.25, 0.3) is 0 Å². The second-order valence-electron chi connectivity index (χ2n) is 4.51. The van der Waals surface area contributed by atoms with Gasteiger partial charge in [-0.1, -0.05) is 12.1 Å². The number of unbranched alkanes of at least 4 members (excludes halogenated alkanes) is 1. The second kappa shape index (κ2) is 6.98. The van der Waals surface area contributed by atoms with E-state index < -0.39 is 17.9 Å². The fourth-order valence-electron chi connectivity index (χ4n) is 1.63. The number of alkyl halides is 2. The molecule has 1 aromatic rings. The van der Waals surface area contributed by atoms with Crippen LogP contribution in [0.15, 0.2) is 24.3 Å². The molecule has 6 heteroatoms. The fraction of sp³-hybridized carbons (Fsp3) is 0.429. The number of hydrogen-bond donors (Lipinski definition) is 1. The van der Waals surface area contributed by atoms with Gasteiger partial charge >= 0.3 is 11.9 Å². The van der Waals surface area contributed by atoms with Crippen LogP contribution in [0.4, 0.5) is 8.78 Å². The summed E-state index contributed by atoms with van der Waals surface area (Å²) in [6.45, 7) is 0.824. The highest BCUT2D eigenvalue weighted by Crippen LogP contribution is 2.19. The van der Waals surface area contributed by atoms with Crippen LogP contribution in [0.3, 0.4) is 0 Å². The molecule has 110 valence electrons. The van der Waals surface area contributed by atoms with Gasteiger partial charge < -0.3 is 9.84 Å². The molecule has 0 aromatic heterocycles. The molecule has 0 heterocycles. The summed E-state index contributed by atoms with van der Waals surface area (Å²) in [6.07, 6.45) is 0.276. The van der Waals surface area contributed by atoms with E-state index in [9.17, 15) is 18.4 Å². The van der Waals surface area contributed by atoms with Crippen molar-refractivity contribution in [3.05, 3.63) is 35.4 Å². The number of ether oxygens (including phenoxy) is 1.